The van der Waals surface area contributed by atoms with E-state index in [1.54, 1.807) is 0 Å². The molecule has 100 valence electrons. The van der Waals surface area contributed by atoms with Gasteiger partial charge in [-0.05, 0) is 31.2 Å². The van der Waals surface area contributed by atoms with Crippen LogP contribution in [0.15, 0.2) is 15.3 Å². The average molecular weight is 261 g/mol. The van der Waals surface area contributed by atoms with E-state index in [1.807, 2.05) is 6.92 Å². The molecule has 0 atom stereocenters. The van der Waals surface area contributed by atoms with Crippen LogP contribution in [0.3, 0.4) is 0 Å². The number of nitrogens with zero attached hydrogens (tertiary/aromatic N) is 2. The molecular weight excluding hydrogens is 246 g/mol. The zero-order valence-electron chi connectivity index (χ0n) is 10.6. The topological polar surface area (TPSA) is 88.3 Å². The Morgan fingerprint density at radius 3 is 2.89 bits per heavy atom. The molecule has 2 aromatic heterocycles. The molecule has 1 aliphatic rings. The molecule has 6 heteroatoms. The van der Waals surface area contributed by atoms with Crippen LogP contribution in [0.2, 0.25) is 0 Å². The second-order valence-corrected chi connectivity index (χ2v) is 4.77. The highest BCUT2D eigenvalue weighted by Crippen LogP contribution is 2.27. The molecule has 0 aliphatic heterocycles. The van der Waals surface area contributed by atoms with Crippen LogP contribution in [0, 0.1) is 0 Å². The van der Waals surface area contributed by atoms with E-state index in [0.29, 0.717) is 29.4 Å². The molecule has 0 aromatic carbocycles. The smallest absolute Gasteiger partial charge is 0.337 e. The highest BCUT2D eigenvalue weighted by atomic mass is 16.4. The minimum Gasteiger partial charge on any atom is -0.493 e. The van der Waals surface area contributed by atoms with Gasteiger partial charge in [0, 0.05) is 12.1 Å². The number of aryl methyl sites for hydroxylation is 1. The highest BCUT2D eigenvalue weighted by Gasteiger charge is 2.20. The molecule has 19 heavy (non-hydrogen) atoms. The molecule has 3 rings (SSSR count). The van der Waals surface area contributed by atoms with Crippen molar-refractivity contribution < 1.29 is 9.52 Å². The van der Waals surface area contributed by atoms with Crippen LogP contribution >= 0.6 is 0 Å². The fourth-order valence-corrected chi connectivity index (χ4v) is 2.20. The van der Waals surface area contributed by atoms with Crippen molar-refractivity contribution in [3.63, 3.8) is 0 Å². The van der Waals surface area contributed by atoms with Gasteiger partial charge in [0.2, 0.25) is 17.5 Å². The number of aromatic hydroxyl groups is 1. The monoisotopic (exact) mass is 261 g/mol. The minimum atomic E-state index is -0.461. The summed E-state index contributed by atoms with van der Waals surface area (Å²) in [6.45, 7) is 1.90. The lowest BCUT2D eigenvalue weighted by molar-refractivity contribution is 0.436. The molecule has 0 radical (unpaired) electrons. The van der Waals surface area contributed by atoms with Crippen LogP contribution in [0.4, 0.5) is 5.95 Å². The van der Waals surface area contributed by atoms with E-state index < -0.39 is 5.63 Å². The van der Waals surface area contributed by atoms with Gasteiger partial charge in [0.1, 0.15) is 5.39 Å². The zero-order chi connectivity index (χ0) is 13.4. The normalized spacial score (nSPS) is 15.4. The van der Waals surface area contributed by atoms with Crippen LogP contribution in [0.1, 0.15) is 31.7 Å². The van der Waals surface area contributed by atoms with Gasteiger partial charge in [0.15, 0.2) is 0 Å². The fraction of sp³-hybridized carbons (Fsp3) is 0.462. The summed E-state index contributed by atoms with van der Waals surface area (Å²) < 4.78 is 5.05. The maximum Gasteiger partial charge on any atom is 0.337 e. The lowest BCUT2D eigenvalue weighted by Crippen LogP contribution is -2.28. The van der Waals surface area contributed by atoms with Crippen LogP contribution in [0.25, 0.3) is 11.1 Å². The number of nitrogens with one attached hydrogen (secondary N) is 1. The zero-order valence-corrected chi connectivity index (χ0v) is 10.6. The number of anilines is 1. The second-order valence-electron chi connectivity index (χ2n) is 4.77. The standard InChI is InChI=1S/C13H15N3O3/c1-2-7-6-9(17)19-12-10(7)11(18)15-13(16-12)14-8-4-3-5-8/h6,8H,2-5H2,1H3,(H2,14,15,16,18). The SMILES string of the molecule is CCc1cc(=O)oc2nc(NC3CCC3)nc(O)c12. The number of aromatic nitrogens is 2. The van der Waals surface area contributed by atoms with E-state index in [-0.39, 0.29) is 11.6 Å². The predicted octanol–water partition coefficient (Wildman–Crippen LogP) is 1.82. The summed E-state index contributed by atoms with van der Waals surface area (Å²) in [5, 5.41) is 13.5. The molecule has 0 amide bonds. The van der Waals surface area contributed by atoms with Gasteiger partial charge in [-0.15, -0.1) is 0 Å². The molecule has 2 aromatic rings. The first-order valence-corrected chi connectivity index (χ1v) is 6.47. The molecule has 1 fully saturated rings. The first kappa shape index (κ1) is 12.0. The van der Waals surface area contributed by atoms with E-state index in [4.69, 9.17) is 4.42 Å². The van der Waals surface area contributed by atoms with Gasteiger partial charge in [0.25, 0.3) is 0 Å². The largest absolute Gasteiger partial charge is 0.493 e. The van der Waals surface area contributed by atoms with Gasteiger partial charge >= 0.3 is 5.63 Å². The lowest BCUT2D eigenvalue weighted by atomic mass is 9.93. The van der Waals surface area contributed by atoms with Crippen molar-refractivity contribution in [2.75, 3.05) is 5.32 Å². The first-order valence-electron chi connectivity index (χ1n) is 6.47. The number of hydrogen-bond donors (Lipinski definition) is 2. The predicted molar refractivity (Wildman–Crippen MR) is 70.4 cm³/mol. The third-order valence-corrected chi connectivity index (χ3v) is 3.49. The summed E-state index contributed by atoms with van der Waals surface area (Å²) in [7, 11) is 0. The molecule has 1 aliphatic carbocycles. The van der Waals surface area contributed by atoms with Crippen LogP contribution in [-0.2, 0) is 6.42 Å². The minimum absolute atomic E-state index is 0.138. The van der Waals surface area contributed by atoms with E-state index in [9.17, 15) is 9.90 Å². The fourth-order valence-electron chi connectivity index (χ4n) is 2.20. The Labute approximate surface area is 109 Å². The maximum absolute atomic E-state index is 11.4. The number of rotatable bonds is 3. The van der Waals surface area contributed by atoms with Crippen molar-refractivity contribution >= 4 is 17.0 Å². The summed E-state index contributed by atoms with van der Waals surface area (Å²) in [6.07, 6.45) is 3.93. The Morgan fingerprint density at radius 2 is 2.26 bits per heavy atom. The van der Waals surface area contributed by atoms with Crippen LogP contribution in [0.5, 0.6) is 5.88 Å². The third-order valence-electron chi connectivity index (χ3n) is 3.49. The average Bonchev–Trinajstić information content (AvgIpc) is 2.32. The summed E-state index contributed by atoms with van der Waals surface area (Å²) in [4.78, 5) is 19.7. The Bertz CT molecular complexity index is 677. The number of hydrogen-bond acceptors (Lipinski definition) is 6. The Morgan fingerprint density at radius 1 is 1.47 bits per heavy atom. The van der Waals surface area contributed by atoms with E-state index in [0.717, 1.165) is 12.8 Å². The molecule has 0 unspecified atom stereocenters. The molecule has 2 N–H and O–H groups in total. The molecular formula is C13H15N3O3. The molecule has 6 nitrogen and oxygen atoms in total. The Hall–Kier alpha value is -2.11. The molecule has 0 saturated heterocycles. The van der Waals surface area contributed by atoms with Crippen molar-refractivity contribution in [2.24, 2.45) is 0 Å². The van der Waals surface area contributed by atoms with Crippen molar-refractivity contribution in [1.82, 2.24) is 9.97 Å². The highest BCUT2D eigenvalue weighted by molar-refractivity contribution is 5.83. The lowest BCUT2D eigenvalue weighted by Gasteiger charge is -2.26. The van der Waals surface area contributed by atoms with E-state index >= 15 is 0 Å². The van der Waals surface area contributed by atoms with E-state index in [1.165, 1.54) is 12.5 Å². The van der Waals surface area contributed by atoms with Gasteiger partial charge in [-0.2, -0.15) is 9.97 Å². The van der Waals surface area contributed by atoms with Gasteiger partial charge in [-0.3, -0.25) is 0 Å². The summed E-state index contributed by atoms with van der Waals surface area (Å²) in [5.41, 5.74) is 0.370. The van der Waals surface area contributed by atoms with Gasteiger partial charge in [-0.1, -0.05) is 6.92 Å². The van der Waals surface area contributed by atoms with Crippen molar-refractivity contribution in [1.29, 1.82) is 0 Å². The van der Waals surface area contributed by atoms with Crippen molar-refractivity contribution in [2.45, 2.75) is 38.6 Å². The molecule has 0 bridgehead atoms. The van der Waals surface area contributed by atoms with Crippen LogP contribution < -0.4 is 10.9 Å². The summed E-state index contributed by atoms with van der Waals surface area (Å²) in [6, 6.07) is 1.71. The number of fused-ring (bicyclic) bond motifs is 1. The summed E-state index contributed by atoms with van der Waals surface area (Å²) in [5.74, 6) is 0.165. The quantitative estimate of drug-likeness (QED) is 0.876. The molecule has 1 saturated carbocycles. The first-order chi connectivity index (χ1) is 9.17. The Kier molecular flexibility index (Phi) is 2.85. The third kappa shape index (κ3) is 2.14. The van der Waals surface area contributed by atoms with Crippen molar-refractivity contribution in [3.05, 3.63) is 22.0 Å². The van der Waals surface area contributed by atoms with Crippen molar-refractivity contribution in [3.8, 4) is 5.88 Å². The van der Waals surface area contributed by atoms with Gasteiger partial charge < -0.3 is 14.8 Å². The van der Waals surface area contributed by atoms with Gasteiger partial charge in [0.05, 0.1) is 0 Å². The van der Waals surface area contributed by atoms with Crippen LogP contribution in [-0.4, -0.2) is 21.1 Å². The Balaban J connectivity index is 2.11. The summed E-state index contributed by atoms with van der Waals surface area (Å²) >= 11 is 0. The second kappa shape index (κ2) is 4.53. The molecule has 0 spiro atoms. The maximum atomic E-state index is 11.4. The van der Waals surface area contributed by atoms with E-state index in [2.05, 4.69) is 15.3 Å². The molecule has 2 heterocycles. The van der Waals surface area contributed by atoms with Gasteiger partial charge in [-0.25, -0.2) is 4.79 Å².